The molecule has 1 amide bonds. The number of carbonyl (C=O) groups is 1. The number of piperidine rings is 1. The first-order valence-electron chi connectivity index (χ1n) is 6.56. The lowest BCUT2D eigenvalue weighted by Gasteiger charge is -2.29. The molecule has 1 aromatic carbocycles. The molecule has 0 atom stereocenters. The van der Waals surface area contributed by atoms with Gasteiger partial charge in [-0.15, -0.1) is 0 Å². The van der Waals surface area contributed by atoms with Crippen LogP contribution in [-0.4, -0.2) is 44.9 Å². The van der Waals surface area contributed by atoms with Gasteiger partial charge >= 0.3 is 0 Å². The van der Waals surface area contributed by atoms with E-state index in [-0.39, 0.29) is 17.5 Å². The molecule has 1 heterocycles. The maximum absolute atomic E-state index is 12.0. The molecule has 0 radical (unpaired) electrons. The van der Waals surface area contributed by atoms with Crippen molar-refractivity contribution in [1.29, 1.82) is 0 Å². The molecular formula is C13H19N3O3S. The summed E-state index contributed by atoms with van der Waals surface area (Å²) in [6.45, 7) is 1.53. The number of likely N-dealkylation sites (tertiary alicyclic amines) is 1. The van der Waals surface area contributed by atoms with Gasteiger partial charge in [0.05, 0.1) is 11.4 Å². The fraction of sp³-hybridized carbons (Fsp3) is 0.462. The van der Waals surface area contributed by atoms with Crippen LogP contribution in [0.5, 0.6) is 0 Å². The zero-order valence-corrected chi connectivity index (χ0v) is 12.0. The number of rotatable bonds is 4. The van der Waals surface area contributed by atoms with Gasteiger partial charge in [-0.2, -0.15) is 0 Å². The Morgan fingerprint density at radius 2 is 1.85 bits per heavy atom. The van der Waals surface area contributed by atoms with E-state index >= 15 is 0 Å². The van der Waals surface area contributed by atoms with E-state index in [1.165, 1.54) is 12.1 Å². The van der Waals surface area contributed by atoms with Gasteiger partial charge < -0.3 is 5.73 Å². The Hall–Kier alpha value is -1.44. The van der Waals surface area contributed by atoms with Crippen molar-refractivity contribution in [3.63, 3.8) is 0 Å². The van der Waals surface area contributed by atoms with E-state index in [0.717, 1.165) is 25.9 Å². The molecule has 1 fully saturated rings. The Morgan fingerprint density at radius 3 is 2.45 bits per heavy atom. The minimum absolute atomic E-state index is 0.0821. The Balaban J connectivity index is 1.91. The zero-order chi connectivity index (χ0) is 14.6. The van der Waals surface area contributed by atoms with Crippen LogP contribution in [0.1, 0.15) is 12.8 Å². The molecule has 20 heavy (non-hydrogen) atoms. The van der Waals surface area contributed by atoms with Gasteiger partial charge in [-0.05, 0) is 25.0 Å². The number of nitrogens with two attached hydrogens (primary N) is 1. The Labute approximate surface area is 119 Å². The Kier molecular flexibility index (Phi) is 4.74. The number of hydrogen-bond acceptors (Lipinski definition) is 5. The zero-order valence-electron chi connectivity index (χ0n) is 11.2. The highest BCUT2D eigenvalue weighted by Crippen LogP contribution is 2.09. The van der Waals surface area contributed by atoms with E-state index in [0.29, 0.717) is 0 Å². The van der Waals surface area contributed by atoms with Crippen LogP contribution in [-0.2, 0) is 14.8 Å². The Bertz CT molecular complexity index is 551. The third kappa shape index (κ3) is 4.03. The fourth-order valence-corrected chi connectivity index (χ4v) is 3.15. The highest BCUT2D eigenvalue weighted by atomic mass is 32.2. The number of benzene rings is 1. The van der Waals surface area contributed by atoms with Crippen LogP contribution in [0.15, 0.2) is 35.2 Å². The van der Waals surface area contributed by atoms with Crippen LogP contribution in [0.2, 0.25) is 0 Å². The summed E-state index contributed by atoms with van der Waals surface area (Å²) in [4.78, 5) is 13.8. The normalized spacial score (nSPS) is 17.9. The van der Waals surface area contributed by atoms with E-state index in [4.69, 9.17) is 5.73 Å². The number of sulfonamides is 1. The first-order valence-corrected chi connectivity index (χ1v) is 8.04. The van der Waals surface area contributed by atoms with Crippen molar-refractivity contribution >= 4 is 15.9 Å². The summed E-state index contributed by atoms with van der Waals surface area (Å²) in [5.41, 5.74) is 5.78. The van der Waals surface area contributed by atoms with Gasteiger partial charge in [-0.3, -0.25) is 9.69 Å². The van der Waals surface area contributed by atoms with Crippen LogP contribution >= 0.6 is 0 Å². The molecule has 3 N–H and O–H groups in total. The molecule has 0 spiro atoms. The monoisotopic (exact) mass is 297 g/mol. The van der Waals surface area contributed by atoms with Crippen molar-refractivity contribution in [3.05, 3.63) is 30.3 Å². The third-order valence-electron chi connectivity index (χ3n) is 3.30. The van der Waals surface area contributed by atoms with E-state index in [1.807, 2.05) is 4.90 Å². The van der Waals surface area contributed by atoms with Crippen molar-refractivity contribution in [2.45, 2.75) is 23.8 Å². The molecule has 0 unspecified atom stereocenters. The lowest BCUT2D eigenvalue weighted by atomic mass is 10.1. The molecule has 7 heteroatoms. The van der Waals surface area contributed by atoms with Crippen LogP contribution in [0, 0.1) is 0 Å². The molecule has 110 valence electrons. The first kappa shape index (κ1) is 15.0. The predicted octanol–water partition coefficient (Wildman–Crippen LogP) is -0.0854. The van der Waals surface area contributed by atoms with Gasteiger partial charge in [0.25, 0.3) is 10.0 Å². The van der Waals surface area contributed by atoms with Crippen molar-refractivity contribution in [2.75, 3.05) is 19.6 Å². The largest absolute Gasteiger partial charge is 0.328 e. The number of amides is 1. The minimum atomic E-state index is -3.77. The summed E-state index contributed by atoms with van der Waals surface area (Å²) in [5.74, 6) is -0.510. The molecule has 1 saturated heterocycles. The average molecular weight is 297 g/mol. The number of nitrogens with one attached hydrogen (secondary N) is 1. The average Bonchev–Trinajstić information content (AvgIpc) is 2.42. The molecular weight excluding hydrogens is 278 g/mol. The van der Waals surface area contributed by atoms with Crippen LogP contribution in [0.25, 0.3) is 0 Å². The maximum Gasteiger partial charge on any atom is 0.264 e. The molecule has 0 aromatic heterocycles. The number of hydrogen-bond donors (Lipinski definition) is 2. The third-order valence-corrected chi connectivity index (χ3v) is 4.69. The summed E-state index contributed by atoms with van der Waals surface area (Å²) in [6.07, 6.45) is 1.66. The second kappa shape index (κ2) is 6.34. The molecule has 1 aromatic rings. The molecule has 6 nitrogen and oxygen atoms in total. The molecule has 1 aliphatic rings. The van der Waals surface area contributed by atoms with E-state index in [2.05, 4.69) is 4.72 Å². The lowest BCUT2D eigenvalue weighted by molar-refractivity contribution is -0.120. The highest BCUT2D eigenvalue weighted by molar-refractivity contribution is 7.90. The molecule has 0 saturated carbocycles. The smallest absolute Gasteiger partial charge is 0.264 e. The van der Waals surface area contributed by atoms with Gasteiger partial charge in [0.2, 0.25) is 5.91 Å². The second-order valence-electron chi connectivity index (χ2n) is 4.96. The van der Waals surface area contributed by atoms with Gasteiger partial charge in [0.15, 0.2) is 0 Å². The van der Waals surface area contributed by atoms with Crippen LogP contribution < -0.4 is 10.5 Å². The highest BCUT2D eigenvalue weighted by Gasteiger charge is 2.21. The fourth-order valence-electron chi connectivity index (χ4n) is 2.15. The van der Waals surface area contributed by atoms with Gasteiger partial charge in [-0.1, -0.05) is 18.2 Å². The summed E-state index contributed by atoms with van der Waals surface area (Å²) < 4.78 is 26.0. The SMILES string of the molecule is NC1CCN(CC(=O)NS(=O)(=O)c2ccccc2)CC1. The van der Waals surface area contributed by atoms with E-state index in [1.54, 1.807) is 18.2 Å². The van der Waals surface area contributed by atoms with Gasteiger partial charge in [0.1, 0.15) is 0 Å². The summed E-state index contributed by atoms with van der Waals surface area (Å²) in [6, 6.07) is 8.04. The number of carbonyl (C=O) groups excluding carboxylic acids is 1. The summed E-state index contributed by atoms with van der Waals surface area (Å²) in [5, 5.41) is 0. The minimum Gasteiger partial charge on any atom is -0.328 e. The van der Waals surface area contributed by atoms with Crippen LogP contribution in [0.3, 0.4) is 0 Å². The van der Waals surface area contributed by atoms with E-state index < -0.39 is 15.9 Å². The topological polar surface area (TPSA) is 92.5 Å². The molecule has 2 rings (SSSR count). The molecule has 1 aliphatic heterocycles. The van der Waals surface area contributed by atoms with Crippen molar-refractivity contribution in [1.82, 2.24) is 9.62 Å². The quantitative estimate of drug-likeness (QED) is 0.810. The summed E-state index contributed by atoms with van der Waals surface area (Å²) in [7, 11) is -3.77. The number of nitrogens with zero attached hydrogens (tertiary/aromatic N) is 1. The van der Waals surface area contributed by atoms with Crippen molar-refractivity contribution in [3.8, 4) is 0 Å². The summed E-state index contributed by atoms with van der Waals surface area (Å²) >= 11 is 0. The van der Waals surface area contributed by atoms with Gasteiger partial charge in [-0.25, -0.2) is 13.1 Å². The van der Waals surface area contributed by atoms with Gasteiger partial charge in [0, 0.05) is 19.1 Å². The molecule has 0 aliphatic carbocycles. The van der Waals surface area contributed by atoms with Crippen LogP contribution in [0.4, 0.5) is 0 Å². The maximum atomic E-state index is 12.0. The van der Waals surface area contributed by atoms with Crippen molar-refractivity contribution in [2.24, 2.45) is 5.73 Å². The first-order chi connectivity index (χ1) is 9.47. The second-order valence-corrected chi connectivity index (χ2v) is 6.64. The Morgan fingerprint density at radius 1 is 1.25 bits per heavy atom. The van der Waals surface area contributed by atoms with E-state index in [9.17, 15) is 13.2 Å². The standard InChI is InChI=1S/C13H19N3O3S/c14-11-6-8-16(9-7-11)10-13(17)15-20(18,19)12-4-2-1-3-5-12/h1-5,11H,6-10,14H2,(H,15,17). The lowest BCUT2D eigenvalue weighted by Crippen LogP contribution is -2.45. The van der Waals surface area contributed by atoms with Crippen molar-refractivity contribution < 1.29 is 13.2 Å². The molecule has 0 bridgehead atoms. The predicted molar refractivity (Wildman–Crippen MR) is 75.4 cm³/mol.